The van der Waals surface area contributed by atoms with Gasteiger partial charge in [0.2, 0.25) is 11.8 Å². The summed E-state index contributed by atoms with van der Waals surface area (Å²) in [6.45, 7) is 1.83. The lowest BCUT2D eigenvalue weighted by Crippen LogP contribution is -2.43. The van der Waals surface area contributed by atoms with Crippen LogP contribution < -0.4 is 24.8 Å². The highest BCUT2D eigenvalue weighted by atomic mass is 32.2. The second kappa shape index (κ2) is 11.2. The van der Waals surface area contributed by atoms with Gasteiger partial charge in [-0.05, 0) is 75.3 Å². The molecule has 3 N–H and O–H groups in total. The Morgan fingerprint density at radius 2 is 1.97 bits per heavy atom. The molecule has 13 heteroatoms. The smallest absolute Gasteiger partial charge is 0.423 e. The molecular weight excluding hydrogens is 533 g/mol. The van der Waals surface area contributed by atoms with E-state index >= 15 is 0 Å². The topological polar surface area (TPSA) is 101 Å². The largest absolute Gasteiger partial charge is 0.495 e. The third kappa shape index (κ3) is 6.14. The molecule has 39 heavy (non-hydrogen) atoms. The maximum atomic E-state index is 13.8. The number of carbonyl (C=O) groups excluding carboxylic acids is 1. The van der Waals surface area contributed by atoms with Gasteiger partial charge < -0.3 is 29.7 Å². The lowest BCUT2D eigenvalue weighted by molar-refractivity contribution is -0.139. The lowest BCUT2D eigenvalue weighted by Gasteiger charge is -2.29. The third-order valence-electron chi connectivity index (χ3n) is 6.56. The number of hydrogen-bond acceptors (Lipinski definition) is 9. The molecule has 1 amide bonds. The van der Waals surface area contributed by atoms with Gasteiger partial charge in [0.15, 0.2) is 0 Å². The molecule has 1 aromatic heterocycles. The molecule has 0 saturated carbocycles. The lowest BCUT2D eigenvalue weighted by atomic mass is 10.0. The number of nitrogens with one attached hydrogen (secondary N) is 3. The Bertz CT molecular complexity index is 1370. The number of benzene rings is 2. The summed E-state index contributed by atoms with van der Waals surface area (Å²) in [4.78, 5) is 22.9. The number of hydrogen-bond donors (Lipinski definition) is 3. The summed E-state index contributed by atoms with van der Waals surface area (Å²) in [5, 5.41) is 5.93. The van der Waals surface area contributed by atoms with E-state index in [0.29, 0.717) is 29.0 Å². The first-order chi connectivity index (χ1) is 18.7. The van der Waals surface area contributed by atoms with E-state index in [2.05, 4.69) is 30.2 Å². The van der Waals surface area contributed by atoms with Crippen LogP contribution in [0.4, 0.5) is 30.5 Å². The maximum absolute atomic E-state index is 13.8. The highest BCUT2D eigenvalue weighted by Crippen LogP contribution is 2.42. The molecule has 2 aliphatic heterocycles. The van der Waals surface area contributed by atoms with Crippen molar-refractivity contribution in [1.82, 2.24) is 20.2 Å². The molecule has 3 heterocycles. The number of amides is 1. The molecule has 0 radical (unpaired) electrons. The average molecular weight is 561 g/mol. The van der Waals surface area contributed by atoms with Crippen LogP contribution in [0.25, 0.3) is 0 Å². The predicted molar refractivity (Wildman–Crippen MR) is 143 cm³/mol. The Morgan fingerprint density at radius 3 is 2.72 bits per heavy atom. The fourth-order valence-electron chi connectivity index (χ4n) is 4.37. The Labute approximate surface area is 227 Å². The summed E-state index contributed by atoms with van der Waals surface area (Å²) in [6.07, 6.45) is -2.30. The summed E-state index contributed by atoms with van der Waals surface area (Å²) in [5.41, 5.74) is 1.21. The van der Waals surface area contributed by atoms with Crippen LogP contribution in [0.15, 0.2) is 42.6 Å². The first-order valence-corrected chi connectivity index (χ1v) is 13.3. The van der Waals surface area contributed by atoms with Crippen LogP contribution in [-0.2, 0) is 11.9 Å². The third-order valence-corrected chi connectivity index (χ3v) is 7.36. The van der Waals surface area contributed by atoms with Crippen LogP contribution in [-0.4, -0.2) is 54.1 Å². The maximum Gasteiger partial charge on any atom is 0.423 e. The Hall–Kier alpha value is -3.71. The van der Waals surface area contributed by atoms with Gasteiger partial charge in [-0.15, -0.1) is 0 Å². The van der Waals surface area contributed by atoms with E-state index in [0.717, 1.165) is 37.2 Å². The van der Waals surface area contributed by atoms with E-state index in [4.69, 9.17) is 9.47 Å². The molecule has 1 saturated heterocycles. The van der Waals surface area contributed by atoms with Crippen molar-refractivity contribution >= 4 is 35.2 Å². The number of piperidine rings is 1. The van der Waals surface area contributed by atoms with E-state index in [1.54, 1.807) is 30.3 Å². The molecule has 0 spiro atoms. The second-order valence-electron chi connectivity index (χ2n) is 9.28. The van der Waals surface area contributed by atoms with E-state index in [1.807, 2.05) is 13.1 Å². The van der Waals surface area contributed by atoms with E-state index in [-0.39, 0.29) is 23.6 Å². The second-order valence-corrected chi connectivity index (χ2v) is 10.1. The molecule has 0 atom stereocenters. The van der Waals surface area contributed by atoms with Gasteiger partial charge in [-0.1, -0.05) is 6.07 Å². The van der Waals surface area contributed by atoms with Gasteiger partial charge in [-0.3, -0.25) is 4.79 Å². The van der Waals surface area contributed by atoms with Crippen molar-refractivity contribution in [2.75, 3.05) is 37.3 Å². The number of halogens is 3. The number of fused-ring (bicyclic) bond motifs is 1. The summed E-state index contributed by atoms with van der Waals surface area (Å²) in [6, 6.07) is 9.97. The highest BCUT2D eigenvalue weighted by molar-refractivity contribution is 8.00. The molecular formula is C26H27F3N6O3S. The molecule has 0 bridgehead atoms. The molecule has 206 valence electrons. The van der Waals surface area contributed by atoms with Crippen molar-refractivity contribution in [3.8, 4) is 17.4 Å². The van der Waals surface area contributed by atoms with Crippen molar-refractivity contribution in [2.45, 2.75) is 30.8 Å². The monoisotopic (exact) mass is 560 g/mol. The first-order valence-electron chi connectivity index (χ1n) is 12.3. The van der Waals surface area contributed by atoms with Crippen LogP contribution in [0.3, 0.4) is 0 Å². The SMILES string of the molecule is COc1cc(C(=O)NC2CCN(C)CC2)ccc1Nc1ncc(C(F)(F)F)c(Oc2cccc3c2CSN3)n1. The summed E-state index contributed by atoms with van der Waals surface area (Å²) < 4.78 is 55.5. The fourth-order valence-corrected chi connectivity index (χ4v) is 5.23. The van der Waals surface area contributed by atoms with Crippen LogP contribution in [0.2, 0.25) is 0 Å². The minimum atomic E-state index is -4.72. The quantitative estimate of drug-likeness (QED) is 0.326. The van der Waals surface area contributed by atoms with Gasteiger partial charge >= 0.3 is 6.18 Å². The minimum Gasteiger partial charge on any atom is -0.495 e. The van der Waals surface area contributed by atoms with Gasteiger partial charge in [0.05, 0.1) is 18.5 Å². The van der Waals surface area contributed by atoms with Crippen LogP contribution >= 0.6 is 11.9 Å². The molecule has 2 aliphatic rings. The predicted octanol–water partition coefficient (Wildman–Crippen LogP) is 5.44. The van der Waals surface area contributed by atoms with Crippen molar-refractivity contribution in [2.24, 2.45) is 0 Å². The summed E-state index contributed by atoms with van der Waals surface area (Å²) in [7, 11) is 3.48. The molecule has 5 rings (SSSR count). The normalized spacial score (nSPS) is 15.8. The van der Waals surface area contributed by atoms with Crippen molar-refractivity contribution in [3.05, 3.63) is 59.3 Å². The van der Waals surface area contributed by atoms with Crippen LogP contribution in [0, 0.1) is 0 Å². The Morgan fingerprint density at radius 1 is 1.18 bits per heavy atom. The van der Waals surface area contributed by atoms with E-state index in [9.17, 15) is 18.0 Å². The number of alkyl halides is 3. The molecule has 3 aromatic rings. The van der Waals surface area contributed by atoms with Gasteiger partial charge in [0.25, 0.3) is 5.91 Å². The number of ether oxygens (including phenoxy) is 2. The molecule has 2 aromatic carbocycles. The number of carbonyl (C=O) groups is 1. The Kier molecular flexibility index (Phi) is 7.71. The molecule has 1 fully saturated rings. The van der Waals surface area contributed by atoms with Crippen molar-refractivity contribution in [1.29, 1.82) is 0 Å². The van der Waals surface area contributed by atoms with Crippen molar-refractivity contribution < 1.29 is 27.4 Å². The van der Waals surface area contributed by atoms with Crippen LogP contribution in [0.1, 0.15) is 34.3 Å². The van der Waals surface area contributed by atoms with Crippen LogP contribution in [0.5, 0.6) is 17.4 Å². The van der Waals surface area contributed by atoms with Gasteiger partial charge in [-0.2, -0.15) is 18.2 Å². The average Bonchev–Trinajstić information content (AvgIpc) is 3.40. The zero-order chi connectivity index (χ0) is 27.6. The van der Waals surface area contributed by atoms with E-state index in [1.165, 1.54) is 19.1 Å². The molecule has 0 aliphatic carbocycles. The highest BCUT2D eigenvalue weighted by Gasteiger charge is 2.37. The minimum absolute atomic E-state index is 0.0942. The number of nitrogens with zero attached hydrogens (tertiary/aromatic N) is 3. The first kappa shape index (κ1) is 26.9. The van der Waals surface area contributed by atoms with Gasteiger partial charge in [0.1, 0.15) is 17.1 Å². The zero-order valence-corrected chi connectivity index (χ0v) is 22.1. The molecule has 0 unspecified atom stereocenters. The number of likely N-dealkylation sites (tertiary alicyclic amines) is 1. The summed E-state index contributed by atoms with van der Waals surface area (Å²) >= 11 is 1.42. The Balaban J connectivity index is 1.37. The summed E-state index contributed by atoms with van der Waals surface area (Å²) in [5.74, 6) is 0.147. The number of rotatable bonds is 7. The van der Waals surface area contributed by atoms with Crippen molar-refractivity contribution in [3.63, 3.8) is 0 Å². The van der Waals surface area contributed by atoms with E-state index < -0.39 is 17.6 Å². The fraction of sp³-hybridized carbons (Fsp3) is 0.346. The number of anilines is 3. The molecule has 9 nitrogen and oxygen atoms in total. The zero-order valence-electron chi connectivity index (χ0n) is 21.3. The standard InChI is InChI=1S/C26H27F3N6O3S/c1-35-10-8-16(9-11-35)31-23(36)15-6-7-20(22(12-15)37-2)32-25-30-13-18(26(27,28)29)24(33-25)38-21-5-3-4-19-17(21)14-39-34-19/h3-7,12-13,16,34H,8-11,14H2,1-2H3,(H,31,36)(H,30,32,33). The number of methoxy groups -OCH3 is 1. The number of aromatic nitrogens is 2. The van der Waals surface area contributed by atoms with Gasteiger partial charge in [-0.25, -0.2) is 4.98 Å². The van der Waals surface area contributed by atoms with Gasteiger partial charge in [0, 0.05) is 29.1 Å².